The molecule has 3 heterocycles. The van der Waals surface area contributed by atoms with Crippen molar-refractivity contribution in [2.24, 2.45) is 0 Å². The van der Waals surface area contributed by atoms with Crippen LogP contribution < -0.4 is 14.4 Å². The smallest absolute Gasteiger partial charge is 0.350 e. The number of hydrogen-bond donors (Lipinski definition) is 1. The van der Waals surface area contributed by atoms with Crippen LogP contribution in [0.1, 0.15) is 45.0 Å². The molecule has 1 N–H and O–H groups in total. The van der Waals surface area contributed by atoms with Gasteiger partial charge in [0, 0.05) is 12.0 Å². The fraction of sp³-hybridized carbons (Fsp3) is 0.241. The number of rotatable bonds is 7. The van der Waals surface area contributed by atoms with Crippen molar-refractivity contribution in [3.63, 3.8) is 0 Å². The number of aliphatic hydroxyl groups is 1. The van der Waals surface area contributed by atoms with Gasteiger partial charge in [-0.3, -0.25) is 14.5 Å². The van der Waals surface area contributed by atoms with E-state index in [9.17, 15) is 19.5 Å². The Balaban J connectivity index is 1.68. The summed E-state index contributed by atoms with van der Waals surface area (Å²) in [6.07, 6.45) is 2.26. The van der Waals surface area contributed by atoms with E-state index in [1.165, 1.54) is 12.0 Å². The van der Waals surface area contributed by atoms with Gasteiger partial charge in [-0.25, -0.2) is 9.78 Å². The summed E-state index contributed by atoms with van der Waals surface area (Å²) in [5.74, 6) is -1.44. The molecule has 2 aliphatic rings. The Morgan fingerprint density at radius 2 is 2.08 bits per heavy atom. The molecule has 10 heteroatoms. The van der Waals surface area contributed by atoms with Crippen molar-refractivity contribution in [3.8, 4) is 11.5 Å². The third-order valence-electron chi connectivity index (χ3n) is 6.52. The van der Waals surface area contributed by atoms with Crippen molar-refractivity contribution >= 4 is 39.9 Å². The summed E-state index contributed by atoms with van der Waals surface area (Å²) in [5, 5.41) is 11.6. The Morgan fingerprint density at radius 1 is 1.28 bits per heavy atom. The van der Waals surface area contributed by atoms with Gasteiger partial charge in [0.05, 0.1) is 24.4 Å². The molecule has 1 saturated heterocycles. The molecule has 3 aromatic rings. The number of fused-ring (bicyclic) bond motifs is 1. The quantitative estimate of drug-likeness (QED) is 0.148. The predicted molar refractivity (Wildman–Crippen MR) is 145 cm³/mol. The zero-order valence-electron chi connectivity index (χ0n) is 21.6. The van der Waals surface area contributed by atoms with Gasteiger partial charge in [0.1, 0.15) is 34.8 Å². The molecular formula is C29H26N2O7S. The zero-order chi connectivity index (χ0) is 27.8. The summed E-state index contributed by atoms with van der Waals surface area (Å²) in [5.41, 5.74) is 2.07. The average molecular weight is 547 g/mol. The van der Waals surface area contributed by atoms with E-state index in [-0.39, 0.29) is 34.1 Å². The number of hydrogen-bond acceptors (Lipinski definition) is 9. The lowest BCUT2D eigenvalue weighted by atomic mass is 9.94. The van der Waals surface area contributed by atoms with Crippen molar-refractivity contribution in [2.75, 3.05) is 18.6 Å². The number of esters is 1. The highest BCUT2D eigenvalue weighted by atomic mass is 32.1. The van der Waals surface area contributed by atoms with Crippen molar-refractivity contribution in [1.29, 1.82) is 0 Å². The number of benzene rings is 2. The largest absolute Gasteiger partial charge is 0.507 e. The number of carbonyl (C=O) groups excluding carboxylic acids is 3. The lowest BCUT2D eigenvalue weighted by Crippen LogP contribution is -2.29. The van der Waals surface area contributed by atoms with E-state index in [0.29, 0.717) is 29.0 Å². The van der Waals surface area contributed by atoms with Crippen LogP contribution >= 0.6 is 11.3 Å². The molecule has 2 aromatic carbocycles. The lowest BCUT2D eigenvalue weighted by Gasteiger charge is -2.23. The van der Waals surface area contributed by atoms with E-state index in [2.05, 4.69) is 11.6 Å². The molecule has 1 aromatic heterocycles. The number of carbonyl (C=O) groups is 3. The van der Waals surface area contributed by atoms with Gasteiger partial charge in [-0.1, -0.05) is 36.1 Å². The Bertz CT molecular complexity index is 1540. The molecule has 0 spiro atoms. The van der Waals surface area contributed by atoms with Gasteiger partial charge in [-0.15, -0.1) is 0 Å². The Hall–Kier alpha value is -4.44. The SMILES string of the molecule is C=CCOc1cccc(C2/C(=C(/O)c3ccc4c(c3)CC(C)O4)C(=O)C(=O)N2c2nc(C)c(C(=O)OC)s2)c1. The van der Waals surface area contributed by atoms with Crippen molar-refractivity contribution in [2.45, 2.75) is 32.4 Å². The second-order valence-electron chi connectivity index (χ2n) is 9.20. The molecule has 39 heavy (non-hydrogen) atoms. The first-order valence-corrected chi connectivity index (χ1v) is 13.1. The molecule has 0 radical (unpaired) electrons. The molecule has 2 unspecified atom stereocenters. The van der Waals surface area contributed by atoms with Crippen LogP contribution in [0.15, 0.2) is 60.7 Å². The van der Waals surface area contributed by atoms with Crippen LogP contribution in [0, 0.1) is 6.92 Å². The van der Waals surface area contributed by atoms with Gasteiger partial charge < -0.3 is 19.3 Å². The van der Waals surface area contributed by atoms with Crippen LogP contribution in [-0.4, -0.2) is 47.6 Å². The summed E-state index contributed by atoms with van der Waals surface area (Å²) in [6.45, 7) is 7.49. The fourth-order valence-corrected chi connectivity index (χ4v) is 5.78. The van der Waals surface area contributed by atoms with Crippen LogP contribution in [-0.2, 0) is 20.7 Å². The molecule has 5 rings (SSSR count). The van der Waals surface area contributed by atoms with Crippen LogP contribution in [0.5, 0.6) is 11.5 Å². The number of ether oxygens (including phenoxy) is 3. The number of anilines is 1. The van der Waals surface area contributed by atoms with Crippen LogP contribution in [0.2, 0.25) is 0 Å². The molecule has 1 amide bonds. The molecule has 0 saturated carbocycles. The molecule has 0 bridgehead atoms. The summed E-state index contributed by atoms with van der Waals surface area (Å²) >= 11 is 0.940. The van der Waals surface area contributed by atoms with E-state index >= 15 is 0 Å². The summed E-state index contributed by atoms with van der Waals surface area (Å²) < 4.78 is 16.3. The monoisotopic (exact) mass is 546 g/mol. The summed E-state index contributed by atoms with van der Waals surface area (Å²) in [7, 11) is 1.25. The molecule has 1 fully saturated rings. The summed E-state index contributed by atoms with van der Waals surface area (Å²) in [6, 6.07) is 11.0. The van der Waals surface area contributed by atoms with Crippen molar-refractivity contribution in [3.05, 3.63) is 88.0 Å². The van der Waals surface area contributed by atoms with Gasteiger partial charge in [-0.05, 0) is 55.3 Å². The van der Waals surface area contributed by atoms with Gasteiger partial charge in [0.25, 0.3) is 5.78 Å². The standard InChI is InChI=1S/C29H26N2O7S/c1-5-11-37-20-8-6-7-17(14-20)23-22(24(32)18-9-10-21-19(13-18)12-15(2)38-21)25(33)27(34)31(23)29-30-16(3)26(39-29)28(35)36-4/h5-10,13-15,23,32H,1,11-12H2,2-4H3/b24-22-. The number of Topliss-reactive ketones (excluding diaryl/α,β-unsaturated/α-hetero) is 1. The van der Waals surface area contributed by atoms with E-state index in [0.717, 1.165) is 22.6 Å². The minimum absolute atomic E-state index is 0.00145. The highest BCUT2D eigenvalue weighted by Gasteiger charge is 2.48. The topological polar surface area (TPSA) is 115 Å². The number of aryl methyl sites for hydroxylation is 1. The van der Waals surface area contributed by atoms with Crippen LogP contribution in [0.25, 0.3) is 5.76 Å². The van der Waals surface area contributed by atoms with Crippen LogP contribution in [0.4, 0.5) is 5.13 Å². The number of methoxy groups -OCH3 is 1. The third-order valence-corrected chi connectivity index (χ3v) is 7.65. The first-order chi connectivity index (χ1) is 18.7. The minimum Gasteiger partial charge on any atom is -0.507 e. The van der Waals surface area contributed by atoms with E-state index in [4.69, 9.17) is 14.2 Å². The van der Waals surface area contributed by atoms with E-state index in [1.807, 2.05) is 6.92 Å². The minimum atomic E-state index is -1.03. The molecule has 2 aliphatic heterocycles. The third kappa shape index (κ3) is 4.67. The van der Waals surface area contributed by atoms with Crippen LogP contribution in [0.3, 0.4) is 0 Å². The number of aromatic nitrogens is 1. The first-order valence-electron chi connectivity index (χ1n) is 12.2. The van der Waals surface area contributed by atoms with Gasteiger partial charge in [0.2, 0.25) is 0 Å². The Labute approximate surface area is 229 Å². The molecular weight excluding hydrogens is 520 g/mol. The second-order valence-corrected chi connectivity index (χ2v) is 10.2. The fourth-order valence-electron chi connectivity index (χ4n) is 4.77. The van der Waals surface area contributed by atoms with Gasteiger partial charge >= 0.3 is 11.9 Å². The maximum Gasteiger partial charge on any atom is 0.350 e. The maximum atomic E-state index is 13.5. The van der Waals surface area contributed by atoms with E-state index < -0.39 is 23.7 Å². The molecule has 9 nitrogen and oxygen atoms in total. The number of amides is 1. The van der Waals surface area contributed by atoms with Crippen molar-refractivity contribution in [1.82, 2.24) is 4.98 Å². The number of aliphatic hydroxyl groups excluding tert-OH is 1. The highest BCUT2D eigenvalue weighted by molar-refractivity contribution is 7.17. The zero-order valence-corrected chi connectivity index (χ0v) is 22.4. The Morgan fingerprint density at radius 3 is 2.82 bits per heavy atom. The highest BCUT2D eigenvalue weighted by Crippen LogP contribution is 2.45. The van der Waals surface area contributed by atoms with Gasteiger partial charge in [-0.2, -0.15) is 0 Å². The predicted octanol–water partition coefficient (Wildman–Crippen LogP) is 4.75. The number of ketones is 1. The Kier molecular flexibility index (Phi) is 6.96. The first kappa shape index (κ1) is 26.2. The lowest BCUT2D eigenvalue weighted by molar-refractivity contribution is -0.132. The van der Waals surface area contributed by atoms with Crippen molar-refractivity contribution < 1.29 is 33.7 Å². The summed E-state index contributed by atoms with van der Waals surface area (Å²) in [4.78, 5) is 45.1. The average Bonchev–Trinajstić information content (AvgIpc) is 3.58. The molecule has 0 aliphatic carbocycles. The molecule has 200 valence electrons. The normalized spacial score (nSPS) is 19.5. The number of thiazole rings is 1. The number of nitrogens with zero attached hydrogens (tertiary/aromatic N) is 2. The maximum absolute atomic E-state index is 13.5. The van der Waals surface area contributed by atoms with E-state index in [1.54, 1.807) is 55.5 Å². The molecule has 2 atom stereocenters. The second kappa shape index (κ2) is 10.4. The van der Waals surface area contributed by atoms with Gasteiger partial charge in [0.15, 0.2) is 5.13 Å².